The number of pyridine rings is 1. The Morgan fingerprint density at radius 1 is 1.30 bits per heavy atom. The molecule has 11 heteroatoms. The molecule has 0 aromatic carbocycles. The van der Waals surface area contributed by atoms with Crippen molar-refractivity contribution in [2.75, 3.05) is 4.90 Å². The van der Waals surface area contributed by atoms with Gasteiger partial charge in [-0.25, -0.2) is 9.97 Å². The van der Waals surface area contributed by atoms with Crippen LogP contribution < -0.4 is 9.64 Å². The Morgan fingerprint density at radius 2 is 2.11 bits per heavy atom. The lowest BCUT2D eigenvalue weighted by Gasteiger charge is -2.37. The number of hydrogen-bond acceptors (Lipinski definition) is 8. The minimum atomic E-state index is -2.84. The highest BCUT2D eigenvalue weighted by Crippen LogP contribution is 2.37. The molecule has 1 aliphatic heterocycles. The Balaban J connectivity index is 1.62. The maximum Gasteiger partial charge on any atom is 0.314 e. The highest BCUT2D eigenvalue weighted by Gasteiger charge is 2.42. The van der Waals surface area contributed by atoms with E-state index >= 15 is 0 Å². The van der Waals surface area contributed by atoms with Crippen molar-refractivity contribution in [2.24, 2.45) is 0 Å². The van der Waals surface area contributed by atoms with Gasteiger partial charge >= 0.3 is 6.43 Å². The van der Waals surface area contributed by atoms with E-state index in [2.05, 4.69) is 20.2 Å². The van der Waals surface area contributed by atoms with E-state index in [-0.39, 0.29) is 18.3 Å². The van der Waals surface area contributed by atoms with E-state index in [4.69, 9.17) is 9.15 Å². The third-order valence-corrected chi connectivity index (χ3v) is 4.79. The Bertz CT molecular complexity index is 1000. The highest BCUT2D eigenvalue weighted by molar-refractivity contribution is 7.15. The van der Waals surface area contributed by atoms with Gasteiger partial charge in [0.05, 0.1) is 12.7 Å². The largest absolute Gasteiger partial charge is 0.474 e. The van der Waals surface area contributed by atoms with Crippen LogP contribution in [0.5, 0.6) is 5.75 Å². The average molecular weight is 393 g/mol. The topological polar surface area (TPSA) is 94.2 Å². The zero-order valence-corrected chi connectivity index (χ0v) is 15.0. The molecule has 0 spiro atoms. The Morgan fingerprint density at radius 3 is 2.85 bits per heavy atom. The smallest absolute Gasteiger partial charge is 0.314 e. The maximum atomic E-state index is 12.8. The molecule has 0 atom stereocenters. The number of alkyl halides is 2. The van der Waals surface area contributed by atoms with Gasteiger partial charge in [-0.1, -0.05) is 0 Å². The fraction of sp³-hybridized carbons (Fsp3) is 0.312. The molecule has 0 saturated carbocycles. The molecule has 3 aromatic rings. The van der Waals surface area contributed by atoms with Gasteiger partial charge in [0.1, 0.15) is 9.88 Å². The summed E-state index contributed by atoms with van der Waals surface area (Å²) < 4.78 is 35.8. The molecule has 4 rings (SSSR count). The second-order valence-corrected chi connectivity index (χ2v) is 7.31. The summed E-state index contributed by atoms with van der Waals surface area (Å²) in [5, 5.41) is 7.46. The molecule has 3 aromatic heterocycles. The first-order valence-corrected chi connectivity index (χ1v) is 8.69. The second-order valence-electron chi connectivity index (χ2n) is 6.19. The van der Waals surface area contributed by atoms with Gasteiger partial charge in [0.25, 0.3) is 17.7 Å². The number of rotatable bonds is 4. The SMILES string of the molecule is CC1(C)Oc2cccnc2N(Cc2ncc(-c3nnc(C(F)F)o3)s2)C1=O. The number of carbonyl (C=O) groups is 1. The van der Waals surface area contributed by atoms with E-state index in [1.54, 1.807) is 32.2 Å². The quantitative estimate of drug-likeness (QED) is 0.672. The van der Waals surface area contributed by atoms with Gasteiger partial charge in [-0.15, -0.1) is 21.5 Å². The molecule has 0 aliphatic carbocycles. The van der Waals surface area contributed by atoms with Crippen LogP contribution >= 0.6 is 11.3 Å². The molecular formula is C16H13F2N5O3S. The molecule has 0 saturated heterocycles. The minimum Gasteiger partial charge on any atom is -0.474 e. The van der Waals surface area contributed by atoms with Gasteiger partial charge < -0.3 is 9.15 Å². The predicted octanol–water partition coefficient (Wildman–Crippen LogP) is 3.23. The number of hydrogen-bond donors (Lipinski definition) is 0. The molecule has 8 nitrogen and oxygen atoms in total. The van der Waals surface area contributed by atoms with E-state index in [0.717, 1.165) is 0 Å². The number of nitrogens with zero attached hydrogens (tertiary/aromatic N) is 5. The summed E-state index contributed by atoms with van der Waals surface area (Å²) in [6, 6.07) is 3.46. The third-order valence-electron chi connectivity index (χ3n) is 3.82. The summed E-state index contributed by atoms with van der Waals surface area (Å²) in [4.78, 5) is 23.2. The molecular weight excluding hydrogens is 380 g/mol. The van der Waals surface area contributed by atoms with Crippen molar-refractivity contribution in [1.82, 2.24) is 20.2 Å². The first kappa shape index (κ1) is 17.5. The number of carbonyl (C=O) groups excluding carboxylic acids is 1. The molecule has 0 N–H and O–H groups in total. The number of thiazole rings is 1. The van der Waals surface area contributed by atoms with Crippen molar-refractivity contribution >= 4 is 23.1 Å². The molecule has 0 radical (unpaired) electrons. The van der Waals surface area contributed by atoms with Crippen LogP contribution in [0.3, 0.4) is 0 Å². The molecule has 0 fully saturated rings. The monoisotopic (exact) mass is 393 g/mol. The first-order chi connectivity index (χ1) is 12.8. The highest BCUT2D eigenvalue weighted by atomic mass is 32.1. The van der Waals surface area contributed by atoms with Gasteiger partial charge in [-0.3, -0.25) is 9.69 Å². The van der Waals surface area contributed by atoms with Crippen LogP contribution in [0.4, 0.5) is 14.6 Å². The normalized spacial score (nSPS) is 15.7. The van der Waals surface area contributed by atoms with Crippen LogP contribution in [0.2, 0.25) is 0 Å². The van der Waals surface area contributed by atoms with E-state index in [1.165, 1.54) is 22.4 Å². The number of amides is 1. The number of halogens is 2. The average Bonchev–Trinajstić information content (AvgIpc) is 3.28. The molecule has 1 amide bonds. The number of anilines is 1. The van der Waals surface area contributed by atoms with Crippen molar-refractivity contribution in [2.45, 2.75) is 32.4 Å². The molecule has 4 heterocycles. The maximum absolute atomic E-state index is 12.8. The summed E-state index contributed by atoms with van der Waals surface area (Å²) in [6.45, 7) is 3.50. The Labute approximate surface area is 155 Å². The third kappa shape index (κ3) is 3.14. The predicted molar refractivity (Wildman–Crippen MR) is 90.5 cm³/mol. The fourth-order valence-corrected chi connectivity index (χ4v) is 3.42. The molecule has 0 unspecified atom stereocenters. The van der Waals surface area contributed by atoms with Gasteiger partial charge in [-0.05, 0) is 26.0 Å². The molecule has 27 heavy (non-hydrogen) atoms. The number of aromatic nitrogens is 4. The van der Waals surface area contributed by atoms with Crippen molar-refractivity contribution in [1.29, 1.82) is 0 Å². The summed E-state index contributed by atoms with van der Waals surface area (Å²) in [5.74, 6) is -0.152. The van der Waals surface area contributed by atoms with Crippen LogP contribution in [-0.2, 0) is 11.3 Å². The zero-order chi connectivity index (χ0) is 19.2. The molecule has 1 aliphatic rings. The lowest BCUT2D eigenvalue weighted by Crippen LogP contribution is -2.52. The van der Waals surface area contributed by atoms with Gasteiger partial charge in [0.2, 0.25) is 0 Å². The fourth-order valence-electron chi connectivity index (χ4n) is 2.59. The summed E-state index contributed by atoms with van der Waals surface area (Å²) in [6.07, 6.45) is 0.172. The van der Waals surface area contributed by atoms with Crippen molar-refractivity contribution in [3.8, 4) is 16.5 Å². The summed E-state index contributed by atoms with van der Waals surface area (Å²) in [5.41, 5.74) is -1.05. The summed E-state index contributed by atoms with van der Waals surface area (Å²) >= 11 is 1.17. The van der Waals surface area contributed by atoms with Crippen molar-refractivity contribution in [3.63, 3.8) is 0 Å². The van der Waals surface area contributed by atoms with E-state index in [1.807, 2.05) is 0 Å². The first-order valence-electron chi connectivity index (χ1n) is 7.88. The Kier molecular flexibility index (Phi) is 4.10. The van der Waals surface area contributed by atoms with Crippen LogP contribution in [0, 0.1) is 0 Å². The zero-order valence-electron chi connectivity index (χ0n) is 14.2. The lowest BCUT2D eigenvalue weighted by atomic mass is 10.1. The molecule has 140 valence electrons. The number of fused-ring (bicyclic) bond motifs is 1. The molecule has 0 bridgehead atoms. The van der Waals surface area contributed by atoms with Crippen molar-refractivity contribution in [3.05, 3.63) is 35.4 Å². The van der Waals surface area contributed by atoms with E-state index in [0.29, 0.717) is 21.5 Å². The Hall–Kier alpha value is -2.95. The van der Waals surface area contributed by atoms with Crippen LogP contribution in [0.1, 0.15) is 31.2 Å². The summed E-state index contributed by atoms with van der Waals surface area (Å²) in [7, 11) is 0. The van der Waals surface area contributed by atoms with Crippen LogP contribution in [-0.4, -0.2) is 31.7 Å². The van der Waals surface area contributed by atoms with E-state index < -0.39 is 17.9 Å². The van der Waals surface area contributed by atoms with Crippen LogP contribution in [0.25, 0.3) is 10.8 Å². The van der Waals surface area contributed by atoms with Crippen LogP contribution in [0.15, 0.2) is 28.9 Å². The van der Waals surface area contributed by atoms with E-state index in [9.17, 15) is 13.6 Å². The van der Waals surface area contributed by atoms with Gasteiger partial charge in [0, 0.05) is 6.20 Å². The van der Waals surface area contributed by atoms with Crippen molar-refractivity contribution < 1.29 is 22.7 Å². The lowest BCUT2D eigenvalue weighted by molar-refractivity contribution is -0.132. The minimum absolute atomic E-state index is 0.0405. The number of ether oxygens (including phenoxy) is 1. The standard InChI is InChI=1S/C16H13F2N5O3S/c1-16(2)15(24)23(12-8(26-16)4-3-5-19-12)7-10-20-6-9(27-10)13-21-22-14(25-13)11(17)18/h3-6,11H,7H2,1-2H3. The van der Waals surface area contributed by atoms with Gasteiger partial charge in [-0.2, -0.15) is 8.78 Å². The second kappa shape index (κ2) is 6.34. The van der Waals surface area contributed by atoms with Gasteiger partial charge in [0.15, 0.2) is 17.2 Å².